The van der Waals surface area contributed by atoms with Crippen LogP contribution in [0.1, 0.15) is 110 Å². The molecule has 2 amide bonds. The van der Waals surface area contributed by atoms with Gasteiger partial charge in [0.1, 0.15) is 11.5 Å². The van der Waals surface area contributed by atoms with Crippen molar-refractivity contribution < 1.29 is 14.3 Å². The second-order valence-corrected chi connectivity index (χ2v) is 8.75. The molecule has 5 nitrogen and oxygen atoms in total. The molecule has 0 atom stereocenters. The first-order chi connectivity index (χ1) is 15.7. The van der Waals surface area contributed by atoms with Crippen molar-refractivity contribution in [3.8, 4) is 11.5 Å². The topological polar surface area (TPSA) is 59.6 Å². The minimum absolute atomic E-state index is 0.211. The van der Waals surface area contributed by atoms with Gasteiger partial charge in [-0.2, -0.15) is 0 Å². The number of rotatable bonds is 20. The van der Waals surface area contributed by atoms with Gasteiger partial charge in [-0.15, -0.1) is 0 Å². The van der Waals surface area contributed by atoms with Gasteiger partial charge in [0.05, 0.1) is 19.9 Å². The first kappa shape index (κ1) is 28.1. The van der Waals surface area contributed by atoms with Crippen molar-refractivity contribution in [2.75, 3.05) is 26.1 Å². The minimum Gasteiger partial charge on any atom is -0.497 e. The number of unbranched alkanes of at least 4 members (excludes halogenated alkanes) is 15. The maximum atomic E-state index is 12.1. The molecule has 0 heterocycles. The number of carbonyl (C=O) groups excluding carboxylic acids is 1. The summed E-state index contributed by atoms with van der Waals surface area (Å²) in [7, 11) is 3.18. The number of nitrogens with one attached hydrogen (secondary N) is 2. The fraction of sp³-hybridized carbons (Fsp3) is 0.741. The molecule has 1 aromatic carbocycles. The summed E-state index contributed by atoms with van der Waals surface area (Å²) in [6, 6.07) is 5.13. The molecule has 0 saturated heterocycles. The van der Waals surface area contributed by atoms with Crippen molar-refractivity contribution in [1.82, 2.24) is 5.32 Å². The molecule has 32 heavy (non-hydrogen) atoms. The van der Waals surface area contributed by atoms with E-state index < -0.39 is 0 Å². The fourth-order valence-corrected chi connectivity index (χ4v) is 3.95. The molecule has 0 unspecified atom stereocenters. The highest BCUT2D eigenvalue weighted by molar-refractivity contribution is 5.91. The lowest BCUT2D eigenvalue weighted by Gasteiger charge is -2.12. The third-order valence-electron chi connectivity index (χ3n) is 5.97. The second-order valence-electron chi connectivity index (χ2n) is 8.75. The molecule has 0 bridgehead atoms. The first-order valence-corrected chi connectivity index (χ1v) is 13.0. The molecule has 0 saturated carbocycles. The Hall–Kier alpha value is -1.91. The molecule has 184 valence electrons. The molecule has 1 rings (SSSR count). The number of anilines is 1. The Morgan fingerprint density at radius 2 is 1.22 bits per heavy atom. The van der Waals surface area contributed by atoms with Crippen molar-refractivity contribution in [2.45, 2.75) is 110 Å². The van der Waals surface area contributed by atoms with E-state index in [1.165, 1.54) is 96.3 Å². The van der Waals surface area contributed by atoms with E-state index in [2.05, 4.69) is 17.6 Å². The van der Waals surface area contributed by atoms with Crippen molar-refractivity contribution in [3.05, 3.63) is 18.2 Å². The van der Waals surface area contributed by atoms with Gasteiger partial charge in [0.25, 0.3) is 0 Å². The molecule has 1 aromatic rings. The maximum Gasteiger partial charge on any atom is 0.319 e. The van der Waals surface area contributed by atoms with E-state index in [1.54, 1.807) is 32.4 Å². The summed E-state index contributed by atoms with van der Waals surface area (Å²) in [6.07, 6.45) is 21.6. The van der Waals surface area contributed by atoms with Gasteiger partial charge in [-0.3, -0.25) is 0 Å². The smallest absolute Gasteiger partial charge is 0.319 e. The summed E-state index contributed by atoms with van der Waals surface area (Å²) in [6.45, 7) is 2.97. The van der Waals surface area contributed by atoms with Crippen LogP contribution in [0.4, 0.5) is 10.5 Å². The summed E-state index contributed by atoms with van der Waals surface area (Å²) in [4.78, 5) is 12.1. The van der Waals surface area contributed by atoms with E-state index in [9.17, 15) is 4.79 Å². The van der Waals surface area contributed by atoms with Crippen LogP contribution in [0.25, 0.3) is 0 Å². The third-order valence-corrected chi connectivity index (χ3v) is 5.97. The van der Waals surface area contributed by atoms with Gasteiger partial charge in [-0.25, -0.2) is 4.79 Å². The summed E-state index contributed by atoms with van der Waals surface area (Å²) < 4.78 is 10.5. The number of carbonyl (C=O) groups is 1. The van der Waals surface area contributed by atoms with Crippen molar-refractivity contribution in [1.29, 1.82) is 0 Å². The molecule has 0 aliphatic rings. The van der Waals surface area contributed by atoms with Gasteiger partial charge >= 0.3 is 6.03 Å². The van der Waals surface area contributed by atoms with Crippen LogP contribution in [-0.4, -0.2) is 26.8 Å². The number of benzene rings is 1. The van der Waals surface area contributed by atoms with Gasteiger partial charge in [-0.1, -0.05) is 103 Å². The molecule has 0 aliphatic heterocycles. The zero-order chi connectivity index (χ0) is 23.3. The van der Waals surface area contributed by atoms with Crippen molar-refractivity contribution in [2.24, 2.45) is 0 Å². The predicted octanol–water partition coefficient (Wildman–Crippen LogP) is 8.09. The fourth-order valence-electron chi connectivity index (χ4n) is 3.95. The normalized spacial score (nSPS) is 10.7. The van der Waals surface area contributed by atoms with E-state index in [4.69, 9.17) is 9.47 Å². The van der Waals surface area contributed by atoms with Crippen LogP contribution in [0, 0.1) is 0 Å². The van der Waals surface area contributed by atoms with Crippen LogP contribution in [0.15, 0.2) is 18.2 Å². The Balaban J connectivity index is 1.91. The quantitative estimate of drug-likeness (QED) is 0.198. The molecule has 2 N–H and O–H groups in total. The summed E-state index contributed by atoms with van der Waals surface area (Å²) in [5, 5.41) is 5.76. The highest BCUT2D eigenvalue weighted by Gasteiger charge is 2.08. The Labute approximate surface area is 197 Å². The van der Waals surface area contributed by atoms with E-state index >= 15 is 0 Å². The molecule has 0 fully saturated rings. The van der Waals surface area contributed by atoms with E-state index in [0.717, 1.165) is 6.42 Å². The monoisotopic (exact) mass is 448 g/mol. The van der Waals surface area contributed by atoms with Crippen LogP contribution in [0.3, 0.4) is 0 Å². The number of methoxy groups -OCH3 is 2. The molecule has 5 heteroatoms. The van der Waals surface area contributed by atoms with Crippen LogP contribution >= 0.6 is 0 Å². The van der Waals surface area contributed by atoms with Crippen molar-refractivity contribution in [3.63, 3.8) is 0 Å². The highest BCUT2D eigenvalue weighted by atomic mass is 16.5. The van der Waals surface area contributed by atoms with Gasteiger partial charge in [0.2, 0.25) is 0 Å². The lowest BCUT2D eigenvalue weighted by molar-refractivity contribution is 0.251. The zero-order valence-electron chi connectivity index (χ0n) is 21.0. The molecule has 0 radical (unpaired) electrons. The van der Waals surface area contributed by atoms with Gasteiger partial charge in [-0.05, 0) is 18.6 Å². The molecular formula is C27H48N2O3. The van der Waals surface area contributed by atoms with Crippen molar-refractivity contribution >= 4 is 11.7 Å². The van der Waals surface area contributed by atoms with Gasteiger partial charge in [0.15, 0.2) is 0 Å². The van der Waals surface area contributed by atoms with Crippen LogP contribution in [-0.2, 0) is 0 Å². The average Bonchev–Trinajstić information content (AvgIpc) is 2.81. The van der Waals surface area contributed by atoms with Gasteiger partial charge in [0, 0.05) is 12.6 Å². The minimum atomic E-state index is -0.211. The largest absolute Gasteiger partial charge is 0.497 e. The predicted molar refractivity (Wildman–Crippen MR) is 136 cm³/mol. The van der Waals surface area contributed by atoms with Crippen LogP contribution in [0.2, 0.25) is 0 Å². The Kier molecular flexibility index (Phi) is 17.4. The Bertz CT molecular complexity index is 592. The lowest BCUT2D eigenvalue weighted by Crippen LogP contribution is -2.29. The van der Waals surface area contributed by atoms with Crippen LogP contribution < -0.4 is 20.1 Å². The third kappa shape index (κ3) is 14.2. The number of hydrogen-bond acceptors (Lipinski definition) is 3. The number of urea groups is 1. The summed E-state index contributed by atoms with van der Waals surface area (Å²) >= 11 is 0. The number of hydrogen-bond donors (Lipinski definition) is 2. The summed E-state index contributed by atoms with van der Waals surface area (Å²) in [5.41, 5.74) is 0.608. The van der Waals surface area contributed by atoms with E-state index in [-0.39, 0.29) is 6.03 Å². The summed E-state index contributed by atoms with van der Waals surface area (Å²) in [5.74, 6) is 1.29. The van der Waals surface area contributed by atoms with E-state index in [0.29, 0.717) is 23.7 Å². The number of amides is 2. The zero-order valence-corrected chi connectivity index (χ0v) is 21.0. The lowest BCUT2D eigenvalue weighted by atomic mass is 10.0. The number of ether oxygens (including phenoxy) is 2. The first-order valence-electron chi connectivity index (χ1n) is 13.0. The molecule has 0 aliphatic carbocycles. The Morgan fingerprint density at radius 3 is 1.69 bits per heavy atom. The second kappa shape index (κ2) is 19.8. The van der Waals surface area contributed by atoms with E-state index in [1.807, 2.05) is 0 Å². The molecular weight excluding hydrogens is 400 g/mol. The molecule has 0 aromatic heterocycles. The maximum absolute atomic E-state index is 12.1. The van der Waals surface area contributed by atoms with Gasteiger partial charge < -0.3 is 20.1 Å². The molecule has 0 spiro atoms. The Morgan fingerprint density at radius 1 is 0.719 bits per heavy atom. The average molecular weight is 449 g/mol. The standard InChI is InChI=1S/C27H48N2O3/c1-4-5-6-7-8-9-10-11-12-13-14-15-16-17-18-19-22-28-27(30)29-25-23-24(31-2)20-21-26(25)32-3/h20-21,23H,4-19,22H2,1-3H3,(H2,28,29,30). The SMILES string of the molecule is CCCCCCCCCCCCCCCCCCNC(=O)Nc1cc(OC)ccc1OC. The highest BCUT2D eigenvalue weighted by Crippen LogP contribution is 2.28. The van der Waals surface area contributed by atoms with Crippen LogP contribution in [0.5, 0.6) is 11.5 Å².